The third kappa shape index (κ3) is 5.36. The minimum absolute atomic E-state index is 0. The predicted molar refractivity (Wildman–Crippen MR) is 89.1 cm³/mol. The molecule has 23 heavy (non-hydrogen) atoms. The summed E-state index contributed by atoms with van der Waals surface area (Å²) in [5, 5.41) is 1.47. The molecule has 0 fully saturated rings. The molecule has 0 amide bonds. The van der Waals surface area contributed by atoms with Gasteiger partial charge in [-0.3, -0.25) is 0 Å². The Morgan fingerprint density at radius 3 is 2.09 bits per heavy atom. The minimum atomic E-state index is -4.46. The first kappa shape index (κ1) is 21.3. The summed E-state index contributed by atoms with van der Waals surface area (Å²) in [6.07, 6.45) is 5.93. The molecule has 5 heteroatoms. The van der Waals surface area contributed by atoms with Crippen LogP contribution in [-0.4, -0.2) is 13.0 Å². The van der Waals surface area contributed by atoms with E-state index in [-0.39, 0.29) is 56.3 Å². The van der Waals surface area contributed by atoms with Crippen LogP contribution in [0.4, 0.5) is 0 Å². The standard InChI is InChI=1S/C18H24O3S.K/c1-3-5-9-14-13-18(22(19,20)21)17-12-8-7-11-16(17)15(14)10-6-4-2;/h7-8,11-13H,3-6,9-10H2,1-2H3,(H,19,20,21);/q;+1/p-1. The molecular formula is C18H23KO3S. The Hall–Kier alpha value is 0.246. The van der Waals surface area contributed by atoms with Gasteiger partial charge < -0.3 is 4.55 Å². The Labute approximate surface area is 182 Å². The third-order valence-corrected chi connectivity index (χ3v) is 4.94. The quantitative estimate of drug-likeness (QED) is 0.556. The van der Waals surface area contributed by atoms with E-state index in [1.54, 1.807) is 18.2 Å². The molecule has 0 heterocycles. The van der Waals surface area contributed by atoms with Crippen molar-refractivity contribution in [1.29, 1.82) is 0 Å². The third-order valence-electron chi connectivity index (χ3n) is 4.06. The Morgan fingerprint density at radius 2 is 1.52 bits per heavy atom. The zero-order valence-corrected chi connectivity index (χ0v) is 18.2. The van der Waals surface area contributed by atoms with Crippen molar-refractivity contribution in [1.82, 2.24) is 0 Å². The van der Waals surface area contributed by atoms with Crippen molar-refractivity contribution in [3.63, 3.8) is 0 Å². The van der Waals surface area contributed by atoms with E-state index in [0.29, 0.717) is 5.39 Å². The van der Waals surface area contributed by atoms with Crippen LogP contribution >= 0.6 is 0 Å². The summed E-state index contributed by atoms with van der Waals surface area (Å²) < 4.78 is 34.9. The summed E-state index contributed by atoms with van der Waals surface area (Å²) in [5.74, 6) is 0. The van der Waals surface area contributed by atoms with Crippen LogP contribution in [0.25, 0.3) is 10.8 Å². The summed E-state index contributed by atoms with van der Waals surface area (Å²) in [4.78, 5) is -0.0746. The largest absolute Gasteiger partial charge is 1.00 e. The number of rotatable bonds is 7. The van der Waals surface area contributed by atoms with Crippen LogP contribution in [0.3, 0.4) is 0 Å². The van der Waals surface area contributed by atoms with Gasteiger partial charge in [0.1, 0.15) is 10.1 Å². The zero-order valence-electron chi connectivity index (χ0n) is 14.3. The molecule has 0 saturated heterocycles. The predicted octanol–water partition coefficient (Wildman–Crippen LogP) is 1.43. The van der Waals surface area contributed by atoms with Crippen molar-refractivity contribution in [3.8, 4) is 0 Å². The van der Waals surface area contributed by atoms with Gasteiger partial charge in [0.2, 0.25) is 0 Å². The van der Waals surface area contributed by atoms with Gasteiger partial charge in [-0.1, -0.05) is 51.0 Å². The molecule has 0 atom stereocenters. The minimum Gasteiger partial charge on any atom is -0.744 e. The molecule has 0 spiro atoms. The Bertz CT molecular complexity index is 754. The number of benzene rings is 2. The first-order valence-corrected chi connectivity index (χ1v) is 9.39. The van der Waals surface area contributed by atoms with Crippen LogP contribution < -0.4 is 51.4 Å². The Kier molecular flexibility index (Phi) is 8.94. The normalized spacial score (nSPS) is 11.4. The zero-order chi connectivity index (χ0) is 16.2. The van der Waals surface area contributed by atoms with Crippen LogP contribution in [0.1, 0.15) is 50.7 Å². The summed E-state index contributed by atoms with van der Waals surface area (Å²) in [6, 6.07) is 8.98. The molecule has 3 nitrogen and oxygen atoms in total. The fourth-order valence-electron chi connectivity index (χ4n) is 2.90. The number of fused-ring (bicyclic) bond motifs is 1. The number of unbranched alkanes of at least 4 members (excludes halogenated alkanes) is 2. The molecule has 0 aromatic heterocycles. The second-order valence-corrected chi connectivity index (χ2v) is 7.07. The van der Waals surface area contributed by atoms with Crippen molar-refractivity contribution in [2.45, 2.75) is 57.3 Å². The maximum atomic E-state index is 11.6. The smallest absolute Gasteiger partial charge is 0.744 e. The van der Waals surface area contributed by atoms with Crippen molar-refractivity contribution in [2.24, 2.45) is 0 Å². The van der Waals surface area contributed by atoms with Crippen molar-refractivity contribution >= 4 is 20.9 Å². The Morgan fingerprint density at radius 1 is 0.957 bits per heavy atom. The number of hydrogen-bond donors (Lipinski definition) is 0. The first-order chi connectivity index (χ1) is 10.5. The fourth-order valence-corrected chi connectivity index (χ4v) is 3.64. The maximum absolute atomic E-state index is 11.6. The molecular weight excluding hydrogens is 335 g/mol. The van der Waals surface area contributed by atoms with Crippen LogP contribution in [-0.2, 0) is 23.0 Å². The summed E-state index contributed by atoms with van der Waals surface area (Å²) >= 11 is 0. The van der Waals surface area contributed by atoms with E-state index in [0.717, 1.165) is 49.5 Å². The van der Waals surface area contributed by atoms with Gasteiger partial charge in [-0.05, 0) is 53.6 Å². The molecule has 120 valence electrons. The van der Waals surface area contributed by atoms with Gasteiger partial charge in [0, 0.05) is 0 Å². The average Bonchev–Trinajstić information content (AvgIpc) is 2.49. The molecule has 2 aromatic carbocycles. The maximum Gasteiger partial charge on any atom is 1.00 e. The van der Waals surface area contributed by atoms with E-state index in [9.17, 15) is 13.0 Å². The molecule has 0 aliphatic carbocycles. The first-order valence-electron chi connectivity index (χ1n) is 7.98. The van der Waals surface area contributed by atoms with E-state index in [1.807, 2.05) is 12.1 Å². The van der Waals surface area contributed by atoms with Gasteiger partial charge >= 0.3 is 51.4 Å². The molecule has 0 aliphatic heterocycles. The van der Waals surface area contributed by atoms with Crippen LogP contribution in [0, 0.1) is 0 Å². The second kappa shape index (κ2) is 9.66. The summed E-state index contributed by atoms with van der Waals surface area (Å²) in [5.41, 5.74) is 2.22. The number of hydrogen-bond acceptors (Lipinski definition) is 3. The van der Waals surface area contributed by atoms with Gasteiger partial charge in [0.25, 0.3) is 0 Å². The van der Waals surface area contributed by atoms with Gasteiger partial charge in [0.15, 0.2) is 0 Å². The molecule has 0 aliphatic rings. The molecule has 0 radical (unpaired) electrons. The van der Waals surface area contributed by atoms with E-state index < -0.39 is 10.1 Å². The molecule has 0 unspecified atom stereocenters. The monoisotopic (exact) mass is 358 g/mol. The number of aryl methyl sites for hydroxylation is 2. The SMILES string of the molecule is CCCCc1cc(S(=O)(=O)[O-])c2ccccc2c1CCCC.[K+]. The van der Waals surface area contributed by atoms with E-state index in [4.69, 9.17) is 0 Å². The van der Waals surface area contributed by atoms with Crippen molar-refractivity contribution in [3.05, 3.63) is 41.5 Å². The second-order valence-electron chi connectivity index (χ2n) is 5.72. The van der Waals surface area contributed by atoms with E-state index >= 15 is 0 Å². The van der Waals surface area contributed by atoms with E-state index in [1.165, 1.54) is 5.56 Å². The van der Waals surface area contributed by atoms with Crippen LogP contribution in [0.15, 0.2) is 35.2 Å². The van der Waals surface area contributed by atoms with Crippen molar-refractivity contribution in [2.75, 3.05) is 0 Å². The van der Waals surface area contributed by atoms with Gasteiger partial charge in [-0.25, -0.2) is 8.42 Å². The molecule has 2 aromatic rings. The van der Waals surface area contributed by atoms with Crippen LogP contribution in [0.5, 0.6) is 0 Å². The molecule has 0 N–H and O–H groups in total. The van der Waals surface area contributed by atoms with Gasteiger partial charge in [-0.2, -0.15) is 0 Å². The topological polar surface area (TPSA) is 57.2 Å². The molecule has 0 bridgehead atoms. The molecule has 2 rings (SSSR count). The van der Waals surface area contributed by atoms with Gasteiger partial charge in [-0.15, -0.1) is 0 Å². The van der Waals surface area contributed by atoms with Gasteiger partial charge in [0.05, 0.1) is 4.90 Å². The average molecular weight is 359 g/mol. The van der Waals surface area contributed by atoms with Crippen molar-refractivity contribution < 1.29 is 64.4 Å². The van der Waals surface area contributed by atoms with E-state index in [2.05, 4.69) is 13.8 Å². The fraction of sp³-hybridized carbons (Fsp3) is 0.444. The Balaban J connectivity index is 0.00000264. The summed E-state index contributed by atoms with van der Waals surface area (Å²) in [6.45, 7) is 4.25. The summed E-state index contributed by atoms with van der Waals surface area (Å²) in [7, 11) is -4.46. The molecule has 0 saturated carbocycles. The van der Waals surface area contributed by atoms with Crippen LogP contribution in [0.2, 0.25) is 0 Å².